The molecular formula is C20H16N4OS. The number of hydrogen-bond acceptors (Lipinski definition) is 5. The molecule has 3 aromatic rings. The molecule has 0 fully saturated rings. The van der Waals surface area contributed by atoms with E-state index in [1.165, 1.54) is 10.4 Å². The van der Waals surface area contributed by atoms with Crippen molar-refractivity contribution >= 4 is 28.7 Å². The highest BCUT2D eigenvalue weighted by Gasteiger charge is 2.18. The molecule has 0 atom stereocenters. The van der Waals surface area contributed by atoms with E-state index in [-0.39, 0.29) is 5.91 Å². The SMILES string of the molecule is N#Cc1cccc(C(=O)Nc2ccc(N3CCc4sccc4C3)nc2)c1. The van der Waals surface area contributed by atoms with Gasteiger partial charge in [0.05, 0.1) is 23.5 Å². The number of rotatable bonds is 3. The molecule has 2 aromatic heterocycles. The molecule has 26 heavy (non-hydrogen) atoms. The molecule has 0 spiro atoms. The van der Waals surface area contributed by atoms with Gasteiger partial charge in [-0.3, -0.25) is 4.79 Å². The van der Waals surface area contributed by atoms with Crippen molar-refractivity contribution in [3.05, 3.63) is 75.6 Å². The van der Waals surface area contributed by atoms with Crippen molar-refractivity contribution in [1.82, 2.24) is 4.98 Å². The number of carbonyl (C=O) groups excluding carboxylic acids is 1. The van der Waals surface area contributed by atoms with Gasteiger partial charge in [-0.1, -0.05) is 6.07 Å². The zero-order valence-corrected chi connectivity index (χ0v) is 14.8. The van der Waals surface area contributed by atoms with E-state index in [2.05, 4.69) is 26.6 Å². The minimum atomic E-state index is -0.252. The van der Waals surface area contributed by atoms with Gasteiger partial charge in [0.2, 0.25) is 0 Å². The fourth-order valence-electron chi connectivity index (χ4n) is 3.02. The van der Waals surface area contributed by atoms with Gasteiger partial charge < -0.3 is 10.2 Å². The van der Waals surface area contributed by atoms with E-state index in [0.29, 0.717) is 16.8 Å². The van der Waals surface area contributed by atoms with Crippen LogP contribution in [0.25, 0.3) is 0 Å². The number of carbonyl (C=O) groups is 1. The first-order chi connectivity index (χ1) is 12.7. The van der Waals surface area contributed by atoms with Gasteiger partial charge in [0.25, 0.3) is 5.91 Å². The largest absolute Gasteiger partial charge is 0.352 e. The zero-order valence-electron chi connectivity index (χ0n) is 14.0. The van der Waals surface area contributed by atoms with Crippen LogP contribution in [0.3, 0.4) is 0 Å². The molecule has 1 N–H and O–H groups in total. The Balaban J connectivity index is 1.45. The molecule has 4 rings (SSSR count). The summed E-state index contributed by atoms with van der Waals surface area (Å²) in [6, 6.07) is 14.6. The first-order valence-electron chi connectivity index (χ1n) is 8.31. The van der Waals surface area contributed by atoms with E-state index in [4.69, 9.17) is 5.26 Å². The molecule has 0 bridgehead atoms. The Hall–Kier alpha value is -3.17. The Kier molecular flexibility index (Phi) is 4.38. The summed E-state index contributed by atoms with van der Waals surface area (Å²) >= 11 is 1.82. The lowest BCUT2D eigenvalue weighted by molar-refractivity contribution is 0.102. The summed E-state index contributed by atoms with van der Waals surface area (Å²) in [6.45, 7) is 1.83. The Bertz CT molecular complexity index is 988. The molecule has 1 amide bonds. The lowest BCUT2D eigenvalue weighted by atomic mass is 10.1. The molecule has 1 aromatic carbocycles. The monoisotopic (exact) mass is 360 g/mol. The summed E-state index contributed by atoms with van der Waals surface area (Å²) in [5.41, 5.74) is 2.92. The van der Waals surface area contributed by atoms with E-state index in [1.54, 1.807) is 30.5 Å². The quantitative estimate of drug-likeness (QED) is 0.771. The van der Waals surface area contributed by atoms with Crippen LogP contribution in [-0.4, -0.2) is 17.4 Å². The lowest BCUT2D eigenvalue weighted by Gasteiger charge is -2.28. The molecule has 128 valence electrons. The van der Waals surface area contributed by atoms with E-state index >= 15 is 0 Å². The number of fused-ring (bicyclic) bond motifs is 1. The summed E-state index contributed by atoms with van der Waals surface area (Å²) < 4.78 is 0. The Morgan fingerprint density at radius 2 is 2.19 bits per heavy atom. The summed E-state index contributed by atoms with van der Waals surface area (Å²) in [6.07, 6.45) is 2.72. The van der Waals surface area contributed by atoms with Crippen LogP contribution in [0, 0.1) is 11.3 Å². The standard InChI is InChI=1S/C20H16N4OS/c21-11-14-2-1-3-15(10-14)20(25)23-17-4-5-19(22-12-17)24-8-6-18-16(13-24)7-9-26-18/h1-5,7,9-10,12H,6,8,13H2,(H,23,25). The second-order valence-electron chi connectivity index (χ2n) is 6.09. The van der Waals surface area contributed by atoms with E-state index in [0.717, 1.165) is 25.3 Å². The van der Waals surface area contributed by atoms with Crippen molar-refractivity contribution in [3.63, 3.8) is 0 Å². The summed E-state index contributed by atoms with van der Waals surface area (Å²) in [5, 5.41) is 13.9. The predicted molar refractivity (Wildman–Crippen MR) is 102 cm³/mol. The fraction of sp³-hybridized carbons (Fsp3) is 0.150. The molecule has 0 radical (unpaired) electrons. The van der Waals surface area contributed by atoms with Crippen molar-refractivity contribution in [2.75, 3.05) is 16.8 Å². The maximum absolute atomic E-state index is 12.3. The first-order valence-corrected chi connectivity index (χ1v) is 9.18. The molecule has 0 saturated heterocycles. The second-order valence-corrected chi connectivity index (χ2v) is 7.09. The fourth-order valence-corrected chi connectivity index (χ4v) is 3.91. The van der Waals surface area contributed by atoms with Crippen molar-refractivity contribution in [3.8, 4) is 6.07 Å². The van der Waals surface area contributed by atoms with Crippen molar-refractivity contribution in [2.24, 2.45) is 0 Å². The maximum Gasteiger partial charge on any atom is 0.255 e. The normalized spacial score (nSPS) is 13.0. The van der Waals surface area contributed by atoms with E-state index in [9.17, 15) is 4.79 Å². The van der Waals surface area contributed by atoms with Gasteiger partial charge >= 0.3 is 0 Å². The maximum atomic E-state index is 12.3. The van der Waals surface area contributed by atoms with Crippen LogP contribution < -0.4 is 10.2 Å². The Morgan fingerprint density at radius 1 is 1.27 bits per heavy atom. The molecule has 1 aliphatic rings. The van der Waals surface area contributed by atoms with Gasteiger partial charge in [-0.2, -0.15) is 5.26 Å². The third-order valence-corrected chi connectivity index (χ3v) is 5.41. The predicted octanol–water partition coefficient (Wildman–Crippen LogP) is 3.83. The molecule has 5 nitrogen and oxygen atoms in total. The van der Waals surface area contributed by atoms with Crippen molar-refractivity contribution < 1.29 is 4.79 Å². The highest BCUT2D eigenvalue weighted by molar-refractivity contribution is 7.10. The first kappa shape index (κ1) is 16.3. The van der Waals surface area contributed by atoms with Crippen LogP contribution in [0.4, 0.5) is 11.5 Å². The zero-order chi connectivity index (χ0) is 17.9. The van der Waals surface area contributed by atoms with Crippen LogP contribution in [0.1, 0.15) is 26.4 Å². The molecule has 3 heterocycles. The molecule has 6 heteroatoms. The van der Waals surface area contributed by atoms with Crippen LogP contribution in [-0.2, 0) is 13.0 Å². The van der Waals surface area contributed by atoms with Crippen LogP contribution in [0.2, 0.25) is 0 Å². The van der Waals surface area contributed by atoms with Crippen molar-refractivity contribution in [1.29, 1.82) is 5.26 Å². The summed E-state index contributed by atoms with van der Waals surface area (Å²) in [5.74, 6) is 0.656. The third kappa shape index (κ3) is 3.30. The molecule has 0 unspecified atom stereocenters. The number of anilines is 2. The van der Waals surface area contributed by atoms with Gasteiger partial charge in [0, 0.05) is 23.5 Å². The van der Waals surface area contributed by atoms with Gasteiger partial charge in [0.15, 0.2) is 0 Å². The number of amides is 1. The van der Waals surface area contributed by atoms with Gasteiger partial charge in [-0.05, 0) is 53.8 Å². The lowest BCUT2D eigenvalue weighted by Crippen LogP contribution is -2.30. The van der Waals surface area contributed by atoms with E-state index in [1.807, 2.05) is 29.5 Å². The Labute approximate surface area is 155 Å². The number of nitriles is 1. The molecule has 1 aliphatic heterocycles. The number of benzene rings is 1. The highest BCUT2D eigenvalue weighted by Crippen LogP contribution is 2.27. The van der Waals surface area contributed by atoms with Gasteiger partial charge in [-0.15, -0.1) is 11.3 Å². The number of aromatic nitrogens is 1. The summed E-state index contributed by atoms with van der Waals surface area (Å²) in [7, 11) is 0. The minimum Gasteiger partial charge on any atom is -0.352 e. The highest BCUT2D eigenvalue weighted by atomic mass is 32.1. The van der Waals surface area contributed by atoms with Gasteiger partial charge in [0.1, 0.15) is 5.82 Å². The third-order valence-electron chi connectivity index (χ3n) is 4.39. The van der Waals surface area contributed by atoms with Crippen LogP contribution in [0.5, 0.6) is 0 Å². The average molecular weight is 360 g/mol. The average Bonchev–Trinajstić information content (AvgIpc) is 3.16. The van der Waals surface area contributed by atoms with Crippen LogP contribution in [0.15, 0.2) is 54.0 Å². The summed E-state index contributed by atoms with van der Waals surface area (Å²) in [4.78, 5) is 20.5. The molecule has 0 aliphatic carbocycles. The number of thiophene rings is 1. The molecular weight excluding hydrogens is 344 g/mol. The minimum absolute atomic E-state index is 0.252. The molecule has 0 saturated carbocycles. The Morgan fingerprint density at radius 3 is 3.00 bits per heavy atom. The van der Waals surface area contributed by atoms with Gasteiger partial charge in [-0.25, -0.2) is 4.98 Å². The number of hydrogen-bond donors (Lipinski definition) is 1. The number of pyridine rings is 1. The topological polar surface area (TPSA) is 69.0 Å². The number of nitrogens with zero attached hydrogens (tertiary/aromatic N) is 3. The van der Waals surface area contributed by atoms with Crippen molar-refractivity contribution in [2.45, 2.75) is 13.0 Å². The second kappa shape index (κ2) is 6.98. The van der Waals surface area contributed by atoms with Crippen LogP contribution >= 0.6 is 11.3 Å². The van der Waals surface area contributed by atoms with E-state index < -0.39 is 0 Å². The number of nitrogens with one attached hydrogen (secondary N) is 1. The smallest absolute Gasteiger partial charge is 0.255 e.